The molecule has 7 aliphatic rings. The monoisotopic (exact) mass is 757 g/mol. The highest BCUT2D eigenvalue weighted by molar-refractivity contribution is 6.14. The molecule has 4 bridgehead atoms. The first kappa shape index (κ1) is 36.7. The van der Waals surface area contributed by atoms with Crippen LogP contribution in [-0.2, 0) is 25.5 Å². The van der Waals surface area contributed by atoms with E-state index >= 15 is 4.79 Å². The third-order valence-corrected chi connectivity index (χ3v) is 13.3. The number of aliphatic imine (C=N–C) groups is 1. The number of imidazole rings is 1. The van der Waals surface area contributed by atoms with Gasteiger partial charge >= 0.3 is 5.97 Å². The molecule has 3 aromatic rings. The number of allylic oxidation sites excluding steroid dienone is 4. The number of phenols is 1. The molecule has 0 radical (unpaired) electrons. The maximum absolute atomic E-state index is 15.5. The van der Waals surface area contributed by atoms with E-state index in [4.69, 9.17) is 28.9 Å². The van der Waals surface area contributed by atoms with Crippen molar-refractivity contribution in [2.75, 3.05) is 7.11 Å². The molecule has 1 saturated heterocycles. The number of aromatic nitrogens is 2. The molecule has 3 saturated carbocycles. The third kappa shape index (κ3) is 4.83. The first-order chi connectivity index (χ1) is 26.6. The number of Topliss-reactive ketones (excluding diaryl/α,β-unsaturated/α-hetero) is 1. The zero-order valence-corrected chi connectivity index (χ0v) is 33.8. The number of hydrogen-bond donors (Lipinski definition) is 1. The molecule has 7 unspecified atom stereocenters. The van der Waals surface area contributed by atoms with Crippen molar-refractivity contribution in [1.82, 2.24) is 9.55 Å². The lowest BCUT2D eigenvalue weighted by atomic mass is 9.44. The van der Waals surface area contributed by atoms with Gasteiger partial charge in [-0.1, -0.05) is 41.5 Å². The number of carbonyl (C=O) groups is 2. The quantitative estimate of drug-likeness (QED) is 0.138. The van der Waals surface area contributed by atoms with Crippen LogP contribution in [0, 0.1) is 17.8 Å². The van der Waals surface area contributed by atoms with E-state index in [9.17, 15) is 9.90 Å². The summed E-state index contributed by atoms with van der Waals surface area (Å²) in [6.45, 7) is 16.2. The number of methoxy groups -OCH3 is 1. The molecule has 7 atom stereocenters. The number of carbonyl (C=O) groups excluding carboxylic acids is 2. The summed E-state index contributed by atoms with van der Waals surface area (Å²) in [6.07, 6.45) is 12.8. The predicted molar refractivity (Wildman–Crippen MR) is 215 cm³/mol. The number of esters is 1. The second-order valence-corrected chi connectivity index (χ2v) is 17.8. The Labute approximate surface area is 328 Å². The Bertz CT molecular complexity index is 2400. The van der Waals surface area contributed by atoms with Crippen molar-refractivity contribution in [1.29, 1.82) is 0 Å². The largest absolute Gasteiger partial charge is 0.506 e. The van der Waals surface area contributed by atoms with Crippen LogP contribution >= 0.6 is 0 Å². The minimum Gasteiger partial charge on any atom is -0.506 e. The van der Waals surface area contributed by atoms with Crippen LogP contribution in [0.3, 0.4) is 0 Å². The van der Waals surface area contributed by atoms with E-state index in [0.29, 0.717) is 52.7 Å². The van der Waals surface area contributed by atoms with Gasteiger partial charge in [-0.2, -0.15) is 0 Å². The van der Waals surface area contributed by atoms with Gasteiger partial charge in [0.25, 0.3) is 0 Å². The average Bonchev–Trinajstić information content (AvgIpc) is 3.59. The Balaban J connectivity index is 1.35. The Morgan fingerprint density at radius 3 is 2.52 bits per heavy atom. The topological polar surface area (TPSA) is 121 Å². The van der Waals surface area contributed by atoms with Crippen LogP contribution in [0.1, 0.15) is 104 Å². The molecule has 1 aromatic heterocycles. The fourth-order valence-corrected chi connectivity index (χ4v) is 10.9. The van der Waals surface area contributed by atoms with Crippen molar-refractivity contribution >= 4 is 40.5 Å². The van der Waals surface area contributed by atoms with Gasteiger partial charge in [-0.05, 0) is 105 Å². The molecular weight excluding hydrogens is 707 g/mol. The summed E-state index contributed by atoms with van der Waals surface area (Å²) >= 11 is 0. The molecule has 4 fully saturated rings. The van der Waals surface area contributed by atoms with Gasteiger partial charge in [0.15, 0.2) is 17.0 Å². The van der Waals surface area contributed by atoms with Crippen LogP contribution in [0.4, 0.5) is 5.95 Å². The van der Waals surface area contributed by atoms with E-state index in [-0.39, 0.29) is 23.9 Å². The lowest BCUT2D eigenvalue weighted by molar-refractivity contribution is -0.206. The molecule has 10 heteroatoms. The molecule has 5 heterocycles. The van der Waals surface area contributed by atoms with Gasteiger partial charge in [-0.25, -0.2) is 14.8 Å². The van der Waals surface area contributed by atoms with E-state index in [2.05, 4.69) is 51.3 Å². The lowest BCUT2D eigenvalue weighted by Gasteiger charge is -2.64. The van der Waals surface area contributed by atoms with Crippen LogP contribution in [0.15, 0.2) is 70.3 Å². The predicted octanol–water partition coefficient (Wildman–Crippen LogP) is 8.86. The highest BCUT2D eigenvalue weighted by Gasteiger charge is 2.85. The zero-order chi connectivity index (χ0) is 39.7. The van der Waals surface area contributed by atoms with E-state index in [0.717, 1.165) is 35.0 Å². The molecule has 3 aliphatic carbocycles. The van der Waals surface area contributed by atoms with Crippen molar-refractivity contribution in [2.45, 2.75) is 116 Å². The molecule has 4 aliphatic heterocycles. The number of ketones is 1. The standard InChI is InChI=1S/C46H51N3O7/c1-24(2)13-12-20-44(8)21-19-27-37(50)33-35-34-36(49-31-15-11-10-14-30(31)47-42(49)48-35)29-23-32-43(6,7)56-45(40(29)51,22-18-26(5)41(52)53-9)46(32,34)55-39(33)28(38(27)54-44)17-16-25(3)4/h10-11,13-16,18-19,21,29,32,34,36,50H,12,17,20,22-23H2,1-9H3. The fraction of sp³-hybridized carbons (Fsp3) is 0.478. The van der Waals surface area contributed by atoms with Crippen LogP contribution < -0.4 is 9.47 Å². The second-order valence-electron chi connectivity index (χ2n) is 17.8. The third-order valence-electron chi connectivity index (χ3n) is 13.3. The van der Waals surface area contributed by atoms with Crippen molar-refractivity contribution in [2.24, 2.45) is 22.7 Å². The van der Waals surface area contributed by atoms with Gasteiger partial charge in [0.1, 0.15) is 22.8 Å². The molecule has 0 amide bonds. The van der Waals surface area contributed by atoms with Gasteiger partial charge in [0.05, 0.1) is 52.5 Å². The van der Waals surface area contributed by atoms with Crippen LogP contribution in [0.25, 0.3) is 17.1 Å². The summed E-state index contributed by atoms with van der Waals surface area (Å²) in [5.41, 5.74) is 2.75. The van der Waals surface area contributed by atoms with Gasteiger partial charge in [0.2, 0.25) is 5.95 Å². The molecule has 56 heavy (non-hydrogen) atoms. The van der Waals surface area contributed by atoms with E-state index in [1.807, 2.05) is 50.3 Å². The molecule has 1 spiro atoms. The highest BCUT2D eigenvalue weighted by Crippen LogP contribution is 2.74. The summed E-state index contributed by atoms with van der Waals surface area (Å²) in [5.74, 6) is -0.192. The van der Waals surface area contributed by atoms with E-state index < -0.39 is 46.3 Å². The number of fused-ring (bicyclic) bond motifs is 6. The molecule has 2 aromatic carbocycles. The SMILES string of the molecule is COC(=O)C(C)=CCC12OC(C)(C)C3CC(C1=O)C1C4C(=Nc5nc6ccccc6n51)c1c(O)c5c(c(CC=C(C)C)c1OC432)OC(C)(CCC=C(C)C)C=C5. The first-order valence-electron chi connectivity index (χ1n) is 19.9. The summed E-state index contributed by atoms with van der Waals surface area (Å²) in [5, 5.41) is 12.6. The summed E-state index contributed by atoms with van der Waals surface area (Å²) < 4.78 is 29.1. The minimum atomic E-state index is -1.48. The number of phenolic OH excluding ortho intramolecular Hbond substituents is 1. The van der Waals surface area contributed by atoms with Crippen molar-refractivity contribution in [3.8, 4) is 17.2 Å². The fourth-order valence-electron chi connectivity index (χ4n) is 10.9. The van der Waals surface area contributed by atoms with Gasteiger partial charge in [-0.3, -0.25) is 4.79 Å². The Kier molecular flexibility index (Phi) is 8.03. The van der Waals surface area contributed by atoms with E-state index in [1.165, 1.54) is 12.7 Å². The molecular formula is C46H51N3O7. The number of benzene rings is 2. The van der Waals surface area contributed by atoms with Gasteiger partial charge in [0, 0.05) is 29.4 Å². The Morgan fingerprint density at radius 2 is 1.79 bits per heavy atom. The number of ether oxygens (including phenoxy) is 4. The maximum atomic E-state index is 15.5. The van der Waals surface area contributed by atoms with Crippen molar-refractivity contribution in [3.05, 3.63) is 82.0 Å². The average molecular weight is 758 g/mol. The van der Waals surface area contributed by atoms with Crippen LogP contribution in [0.5, 0.6) is 17.2 Å². The molecule has 292 valence electrons. The number of nitrogens with zero attached hydrogens (tertiary/aromatic N) is 3. The second kappa shape index (κ2) is 12.3. The van der Waals surface area contributed by atoms with Crippen LogP contribution in [0.2, 0.25) is 0 Å². The summed E-state index contributed by atoms with van der Waals surface area (Å²) in [7, 11) is 1.35. The maximum Gasteiger partial charge on any atom is 0.333 e. The molecule has 1 N–H and O–H groups in total. The zero-order valence-electron chi connectivity index (χ0n) is 33.8. The van der Waals surface area contributed by atoms with E-state index in [1.54, 1.807) is 13.0 Å². The van der Waals surface area contributed by atoms with Crippen molar-refractivity contribution < 1.29 is 33.6 Å². The summed E-state index contributed by atoms with van der Waals surface area (Å²) in [4.78, 5) is 38.7. The van der Waals surface area contributed by atoms with Crippen LogP contribution in [-0.4, -0.2) is 61.6 Å². The smallest absolute Gasteiger partial charge is 0.333 e. The Morgan fingerprint density at radius 1 is 1.04 bits per heavy atom. The number of rotatable bonds is 8. The molecule has 10 nitrogen and oxygen atoms in total. The summed E-state index contributed by atoms with van der Waals surface area (Å²) in [6, 6.07) is 7.52. The van der Waals surface area contributed by atoms with Gasteiger partial charge in [-0.15, -0.1) is 0 Å². The van der Waals surface area contributed by atoms with Gasteiger partial charge < -0.3 is 28.6 Å². The number of hydrogen-bond acceptors (Lipinski definition) is 9. The highest BCUT2D eigenvalue weighted by atomic mass is 16.6. The minimum absolute atomic E-state index is 0.0336. The normalized spacial score (nSPS) is 31.0. The Hall–Kier alpha value is -4.96. The first-order valence-corrected chi connectivity index (χ1v) is 19.9. The number of aromatic hydroxyl groups is 1. The molecule has 10 rings (SSSR count). The lowest BCUT2D eigenvalue weighted by Crippen LogP contribution is -2.79. The van der Waals surface area contributed by atoms with Crippen molar-refractivity contribution in [3.63, 3.8) is 0 Å². The number of para-hydroxylation sites is 2.